The second-order valence-corrected chi connectivity index (χ2v) is 6.58. The fraction of sp³-hybridized carbons (Fsp3) is 0.316. The molecule has 7 heteroatoms. The Morgan fingerprint density at radius 1 is 1.31 bits per heavy atom. The predicted molar refractivity (Wildman–Crippen MR) is 95.1 cm³/mol. The number of hydrogen-bond donors (Lipinski definition) is 1. The number of halogens is 1. The summed E-state index contributed by atoms with van der Waals surface area (Å²) in [4.78, 5) is 17.1. The first-order valence-electron chi connectivity index (χ1n) is 8.61. The van der Waals surface area contributed by atoms with Crippen LogP contribution in [0.3, 0.4) is 0 Å². The number of Topliss-reactive ketones (excluding diaryl/α,β-unsaturated/α-hetero) is 1. The highest BCUT2D eigenvalue weighted by atomic mass is 19.1. The summed E-state index contributed by atoms with van der Waals surface area (Å²) in [5.41, 5.74) is 1.72. The van der Waals surface area contributed by atoms with Gasteiger partial charge in [-0.3, -0.25) is 4.79 Å². The molecule has 134 valence electrons. The van der Waals surface area contributed by atoms with Crippen molar-refractivity contribution in [2.45, 2.75) is 38.8 Å². The van der Waals surface area contributed by atoms with Crippen LogP contribution >= 0.6 is 0 Å². The van der Waals surface area contributed by atoms with Gasteiger partial charge in [0.05, 0.1) is 23.9 Å². The third kappa shape index (κ3) is 3.00. The Bertz CT molecular complexity index is 985. The van der Waals surface area contributed by atoms with E-state index in [2.05, 4.69) is 15.4 Å². The van der Waals surface area contributed by atoms with E-state index in [1.54, 1.807) is 29.0 Å². The van der Waals surface area contributed by atoms with E-state index in [9.17, 15) is 9.18 Å². The topological polar surface area (TPSA) is 68.5 Å². The predicted octanol–water partition coefficient (Wildman–Crippen LogP) is 3.79. The van der Waals surface area contributed by atoms with Crippen LogP contribution in [-0.2, 0) is 0 Å². The van der Waals surface area contributed by atoms with E-state index in [4.69, 9.17) is 4.74 Å². The van der Waals surface area contributed by atoms with Crippen LogP contribution in [0.15, 0.2) is 36.7 Å². The van der Waals surface area contributed by atoms with E-state index < -0.39 is 0 Å². The number of ether oxygens (including phenoxy) is 1. The summed E-state index contributed by atoms with van der Waals surface area (Å²) >= 11 is 0. The van der Waals surface area contributed by atoms with Crippen LogP contribution in [0.25, 0.3) is 5.65 Å². The molecule has 0 unspecified atom stereocenters. The number of nitrogens with one attached hydrogen (secondary N) is 1. The van der Waals surface area contributed by atoms with E-state index in [-0.39, 0.29) is 23.7 Å². The molecule has 0 spiro atoms. The first-order valence-corrected chi connectivity index (χ1v) is 8.61. The minimum atomic E-state index is -0.324. The van der Waals surface area contributed by atoms with Crippen molar-refractivity contribution in [3.8, 4) is 5.75 Å². The number of nitrogens with zero attached hydrogens (tertiary/aromatic N) is 3. The lowest BCUT2D eigenvalue weighted by Crippen LogP contribution is -2.16. The first-order chi connectivity index (χ1) is 12.5. The molecule has 4 rings (SSSR count). The SMILES string of the molecule is C[C@H]1CCC(=O)c2cnn3ccc(nc23)N[C@H](C)c2cc(F)ccc2O1. The van der Waals surface area contributed by atoms with Gasteiger partial charge in [-0.1, -0.05) is 0 Å². The van der Waals surface area contributed by atoms with Gasteiger partial charge in [0.15, 0.2) is 11.4 Å². The third-order valence-corrected chi connectivity index (χ3v) is 4.58. The average molecular weight is 354 g/mol. The van der Waals surface area contributed by atoms with Crippen LogP contribution < -0.4 is 10.1 Å². The summed E-state index contributed by atoms with van der Waals surface area (Å²) in [5, 5.41) is 7.45. The molecule has 2 bridgehead atoms. The van der Waals surface area contributed by atoms with Crippen molar-refractivity contribution in [2.75, 3.05) is 5.32 Å². The largest absolute Gasteiger partial charge is 0.490 e. The molecule has 0 saturated heterocycles. The summed E-state index contributed by atoms with van der Waals surface area (Å²) in [5.74, 6) is 0.845. The van der Waals surface area contributed by atoms with E-state index in [1.807, 2.05) is 13.8 Å². The number of aromatic nitrogens is 3. The monoisotopic (exact) mass is 354 g/mol. The van der Waals surface area contributed by atoms with E-state index in [0.29, 0.717) is 41.2 Å². The van der Waals surface area contributed by atoms with Crippen molar-refractivity contribution in [3.05, 3.63) is 53.6 Å². The molecule has 0 aliphatic carbocycles. The summed E-state index contributed by atoms with van der Waals surface area (Å²) < 4.78 is 21.4. The zero-order chi connectivity index (χ0) is 18.3. The highest BCUT2D eigenvalue weighted by Crippen LogP contribution is 2.30. The highest BCUT2D eigenvalue weighted by molar-refractivity contribution is 6.01. The molecule has 0 saturated carbocycles. The summed E-state index contributed by atoms with van der Waals surface area (Å²) in [6.07, 6.45) is 3.99. The van der Waals surface area contributed by atoms with Gasteiger partial charge in [0.25, 0.3) is 0 Å². The summed E-state index contributed by atoms with van der Waals surface area (Å²) in [6.45, 7) is 3.82. The highest BCUT2D eigenvalue weighted by Gasteiger charge is 2.20. The Morgan fingerprint density at radius 3 is 3.00 bits per heavy atom. The number of fused-ring (bicyclic) bond motifs is 2. The van der Waals surface area contributed by atoms with Crippen molar-refractivity contribution < 1.29 is 13.9 Å². The van der Waals surface area contributed by atoms with Crippen LogP contribution in [0.1, 0.15) is 48.7 Å². The zero-order valence-corrected chi connectivity index (χ0v) is 14.6. The fourth-order valence-electron chi connectivity index (χ4n) is 3.16. The maximum atomic E-state index is 13.8. The second-order valence-electron chi connectivity index (χ2n) is 6.58. The van der Waals surface area contributed by atoms with Crippen molar-refractivity contribution in [1.29, 1.82) is 0 Å². The molecule has 0 fully saturated rings. The molecule has 26 heavy (non-hydrogen) atoms. The molecule has 2 atom stereocenters. The Balaban J connectivity index is 1.82. The van der Waals surface area contributed by atoms with Gasteiger partial charge in [-0.2, -0.15) is 5.10 Å². The lowest BCUT2D eigenvalue weighted by atomic mass is 10.1. The Morgan fingerprint density at radius 2 is 2.15 bits per heavy atom. The number of anilines is 1. The molecule has 0 radical (unpaired) electrons. The van der Waals surface area contributed by atoms with Crippen LogP contribution in [-0.4, -0.2) is 26.5 Å². The van der Waals surface area contributed by atoms with Gasteiger partial charge in [0.2, 0.25) is 0 Å². The first kappa shape index (κ1) is 16.5. The standard InChI is InChI=1S/C19H19FN4O2/c1-11-3-5-16(25)15-10-21-24-8-7-18(23-19(15)24)22-12(2)14-9-13(20)4-6-17(14)26-11/h4,6-12H,3,5H2,1-2H3,(H,22,23)/t11-,12+/m0/s1. The molecule has 6 nitrogen and oxygen atoms in total. The van der Waals surface area contributed by atoms with Crippen LogP contribution in [0.5, 0.6) is 5.75 Å². The average Bonchev–Trinajstić information content (AvgIpc) is 3.03. The molecule has 1 N–H and O–H groups in total. The fourth-order valence-corrected chi connectivity index (χ4v) is 3.16. The quantitative estimate of drug-likeness (QED) is 0.665. The van der Waals surface area contributed by atoms with Crippen LogP contribution in [0, 0.1) is 5.82 Å². The van der Waals surface area contributed by atoms with Gasteiger partial charge < -0.3 is 10.1 Å². The number of rotatable bonds is 0. The molecule has 3 heterocycles. The smallest absolute Gasteiger partial charge is 0.168 e. The van der Waals surface area contributed by atoms with Crippen molar-refractivity contribution in [2.24, 2.45) is 0 Å². The summed E-state index contributed by atoms with van der Waals surface area (Å²) in [6, 6.07) is 6.02. The molecule has 1 aromatic carbocycles. The number of hydrogen-bond acceptors (Lipinski definition) is 5. The Kier molecular flexibility index (Phi) is 4.06. The maximum Gasteiger partial charge on any atom is 0.168 e. The van der Waals surface area contributed by atoms with E-state index in [0.717, 1.165) is 0 Å². The summed E-state index contributed by atoms with van der Waals surface area (Å²) in [7, 11) is 0. The Labute approximate surface area is 150 Å². The molecular weight excluding hydrogens is 335 g/mol. The number of benzene rings is 1. The minimum Gasteiger partial charge on any atom is -0.490 e. The number of carbonyl (C=O) groups excluding carboxylic acids is 1. The van der Waals surface area contributed by atoms with Crippen LogP contribution in [0.2, 0.25) is 0 Å². The molecular formula is C19H19FN4O2. The molecule has 0 amide bonds. The number of ketones is 1. The normalized spacial score (nSPS) is 20.5. The third-order valence-electron chi connectivity index (χ3n) is 4.58. The lowest BCUT2D eigenvalue weighted by Gasteiger charge is -2.21. The lowest BCUT2D eigenvalue weighted by molar-refractivity contribution is 0.0959. The van der Waals surface area contributed by atoms with Crippen LogP contribution in [0.4, 0.5) is 10.2 Å². The maximum absolute atomic E-state index is 13.8. The number of carbonyl (C=O) groups is 1. The van der Waals surface area contributed by atoms with Gasteiger partial charge in [-0.05, 0) is 44.5 Å². The van der Waals surface area contributed by atoms with E-state index in [1.165, 1.54) is 12.1 Å². The minimum absolute atomic E-state index is 0.0216. The van der Waals surface area contributed by atoms with Gasteiger partial charge in [-0.15, -0.1) is 0 Å². The second kappa shape index (κ2) is 6.40. The Hall–Kier alpha value is -2.96. The zero-order valence-electron chi connectivity index (χ0n) is 14.6. The molecule has 1 aliphatic heterocycles. The van der Waals surface area contributed by atoms with Crippen molar-refractivity contribution in [1.82, 2.24) is 14.6 Å². The molecule has 1 aliphatic rings. The van der Waals surface area contributed by atoms with Gasteiger partial charge in [-0.25, -0.2) is 13.9 Å². The van der Waals surface area contributed by atoms with Crippen molar-refractivity contribution in [3.63, 3.8) is 0 Å². The van der Waals surface area contributed by atoms with E-state index >= 15 is 0 Å². The van der Waals surface area contributed by atoms with Gasteiger partial charge >= 0.3 is 0 Å². The van der Waals surface area contributed by atoms with Crippen molar-refractivity contribution >= 4 is 17.2 Å². The van der Waals surface area contributed by atoms with Gasteiger partial charge in [0.1, 0.15) is 17.4 Å². The molecule has 3 aromatic rings. The van der Waals surface area contributed by atoms with Gasteiger partial charge in [0, 0.05) is 18.2 Å². The molecule has 2 aromatic heterocycles.